The monoisotopic (exact) mass is 382 g/mol. The summed E-state index contributed by atoms with van der Waals surface area (Å²) >= 11 is 0. The molecular formula is C18H22N8O2. The van der Waals surface area contributed by atoms with Crippen molar-refractivity contribution in [1.29, 1.82) is 0 Å². The summed E-state index contributed by atoms with van der Waals surface area (Å²) < 4.78 is 3.01. The SMILES string of the molecule is Cc1cc(=O)n(CC(=O)NCCNc2cc(-n3nc(C)cc3C)ncn2)cn1. The van der Waals surface area contributed by atoms with Crippen LogP contribution in [0, 0.1) is 20.8 Å². The quantitative estimate of drug-likeness (QED) is 0.567. The Bertz CT molecular complexity index is 1040. The van der Waals surface area contributed by atoms with Gasteiger partial charge in [-0.1, -0.05) is 0 Å². The number of rotatable bonds is 7. The van der Waals surface area contributed by atoms with E-state index in [1.54, 1.807) is 17.7 Å². The molecule has 10 nitrogen and oxygen atoms in total. The first-order valence-corrected chi connectivity index (χ1v) is 8.82. The van der Waals surface area contributed by atoms with Crippen molar-refractivity contribution < 1.29 is 4.79 Å². The van der Waals surface area contributed by atoms with Gasteiger partial charge in [0.05, 0.1) is 12.0 Å². The van der Waals surface area contributed by atoms with E-state index in [0.717, 1.165) is 11.4 Å². The molecule has 0 radical (unpaired) electrons. The van der Waals surface area contributed by atoms with Gasteiger partial charge in [0.25, 0.3) is 5.56 Å². The molecular weight excluding hydrogens is 360 g/mol. The molecule has 0 aliphatic heterocycles. The average molecular weight is 382 g/mol. The number of carbonyl (C=O) groups is 1. The minimum atomic E-state index is -0.263. The zero-order valence-electron chi connectivity index (χ0n) is 16.0. The summed E-state index contributed by atoms with van der Waals surface area (Å²) in [4.78, 5) is 36.2. The van der Waals surface area contributed by atoms with Crippen molar-refractivity contribution in [1.82, 2.24) is 34.6 Å². The largest absolute Gasteiger partial charge is 0.368 e. The fourth-order valence-corrected chi connectivity index (χ4v) is 2.66. The first-order valence-electron chi connectivity index (χ1n) is 8.82. The molecule has 0 saturated heterocycles. The van der Waals surface area contributed by atoms with E-state index in [1.165, 1.54) is 23.3 Å². The van der Waals surface area contributed by atoms with E-state index in [1.807, 2.05) is 19.9 Å². The molecule has 0 aliphatic carbocycles. The van der Waals surface area contributed by atoms with Crippen LogP contribution in [0.25, 0.3) is 5.82 Å². The Balaban J connectivity index is 1.50. The standard InChI is InChI=1S/C18H22N8O2/c1-12-7-18(28)25(11-23-12)9-17(27)20-5-4-19-15-8-16(22-10-21-15)26-14(3)6-13(2)24-26/h6-8,10-11H,4-5,9H2,1-3H3,(H,20,27)(H,19,21,22). The highest BCUT2D eigenvalue weighted by Crippen LogP contribution is 2.11. The summed E-state index contributed by atoms with van der Waals surface area (Å²) in [5, 5.41) is 10.3. The van der Waals surface area contributed by atoms with E-state index >= 15 is 0 Å². The molecule has 28 heavy (non-hydrogen) atoms. The zero-order chi connectivity index (χ0) is 20.1. The van der Waals surface area contributed by atoms with Gasteiger partial charge in [0.1, 0.15) is 18.7 Å². The highest BCUT2D eigenvalue weighted by Gasteiger charge is 2.07. The zero-order valence-corrected chi connectivity index (χ0v) is 16.0. The molecule has 1 amide bonds. The molecule has 146 valence electrons. The lowest BCUT2D eigenvalue weighted by Crippen LogP contribution is -2.34. The number of anilines is 1. The van der Waals surface area contributed by atoms with Gasteiger partial charge in [-0.2, -0.15) is 5.10 Å². The van der Waals surface area contributed by atoms with E-state index in [2.05, 4.69) is 30.7 Å². The predicted molar refractivity (Wildman–Crippen MR) is 103 cm³/mol. The molecule has 3 rings (SSSR count). The fourth-order valence-electron chi connectivity index (χ4n) is 2.66. The molecule has 10 heteroatoms. The summed E-state index contributed by atoms with van der Waals surface area (Å²) in [6.07, 6.45) is 2.83. The molecule has 0 bridgehead atoms. The average Bonchev–Trinajstić information content (AvgIpc) is 3.00. The Kier molecular flexibility index (Phi) is 5.78. The normalized spacial score (nSPS) is 10.7. The Hall–Kier alpha value is -3.56. The Morgan fingerprint density at radius 2 is 1.86 bits per heavy atom. The maximum Gasteiger partial charge on any atom is 0.253 e. The maximum absolute atomic E-state index is 12.0. The lowest BCUT2D eigenvalue weighted by Gasteiger charge is -2.09. The van der Waals surface area contributed by atoms with Crippen LogP contribution in [0.4, 0.5) is 5.82 Å². The summed E-state index contributed by atoms with van der Waals surface area (Å²) in [5.74, 6) is 1.03. The third kappa shape index (κ3) is 4.78. The van der Waals surface area contributed by atoms with Crippen LogP contribution in [-0.2, 0) is 11.3 Å². The van der Waals surface area contributed by atoms with Crippen molar-refractivity contribution >= 4 is 11.7 Å². The predicted octanol–water partition coefficient (Wildman–Crippen LogP) is 0.373. The van der Waals surface area contributed by atoms with Crippen molar-refractivity contribution in [3.63, 3.8) is 0 Å². The van der Waals surface area contributed by atoms with Crippen molar-refractivity contribution in [3.8, 4) is 5.82 Å². The second kappa shape index (κ2) is 8.42. The van der Waals surface area contributed by atoms with E-state index < -0.39 is 0 Å². The van der Waals surface area contributed by atoms with Gasteiger partial charge in [-0.05, 0) is 26.8 Å². The van der Waals surface area contributed by atoms with Gasteiger partial charge < -0.3 is 10.6 Å². The summed E-state index contributed by atoms with van der Waals surface area (Å²) in [5.41, 5.74) is 2.26. The van der Waals surface area contributed by atoms with E-state index in [9.17, 15) is 9.59 Å². The van der Waals surface area contributed by atoms with Crippen LogP contribution in [0.3, 0.4) is 0 Å². The number of amides is 1. The van der Waals surface area contributed by atoms with Crippen LogP contribution in [0.1, 0.15) is 17.1 Å². The number of hydrogen-bond acceptors (Lipinski definition) is 7. The molecule has 0 unspecified atom stereocenters. The van der Waals surface area contributed by atoms with Gasteiger partial charge in [0.2, 0.25) is 5.91 Å². The Morgan fingerprint density at radius 3 is 2.57 bits per heavy atom. The van der Waals surface area contributed by atoms with Crippen LogP contribution < -0.4 is 16.2 Å². The van der Waals surface area contributed by atoms with E-state index in [-0.39, 0.29) is 18.0 Å². The lowest BCUT2D eigenvalue weighted by atomic mass is 10.4. The number of carbonyl (C=O) groups excluding carboxylic acids is 1. The minimum absolute atomic E-state index is 0.0678. The van der Waals surface area contributed by atoms with Crippen molar-refractivity contribution in [3.05, 3.63) is 58.3 Å². The molecule has 3 aromatic heterocycles. The minimum Gasteiger partial charge on any atom is -0.368 e. The van der Waals surface area contributed by atoms with Gasteiger partial charge in [0, 0.05) is 36.6 Å². The summed E-state index contributed by atoms with van der Waals surface area (Å²) in [7, 11) is 0. The van der Waals surface area contributed by atoms with Gasteiger partial charge in [-0.25, -0.2) is 19.6 Å². The highest BCUT2D eigenvalue weighted by atomic mass is 16.2. The number of nitrogens with zero attached hydrogens (tertiary/aromatic N) is 6. The van der Waals surface area contributed by atoms with Gasteiger partial charge >= 0.3 is 0 Å². The van der Waals surface area contributed by atoms with Crippen LogP contribution in [0.2, 0.25) is 0 Å². The van der Waals surface area contributed by atoms with Gasteiger partial charge in [-0.15, -0.1) is 0 Å². The van der Waals surface area contributed by atoms with Crippen LogP contribution in [0.5, 0.6) is 0 Å². The van der Waals surface area contributed by atoms with Crippen molar-refractivity contribution in [2.45, 2.75) is 27.3 Å². The molecule has 0 fully saturated rings. The van der Waals surface area contributed by atoms with Gasteiger partial charge in [0.15, 0.2) is 5.82 Å². The maximum atomic E-state index is 12.0. The van der Waals surface area contributed by atoms with Crippen LogP contribution >= 0.6 is 0 Å². The third-order valence-electron chi connectivity index (χ3n) is 3.96. The van der Waals surface area contributed by atoms with Crippen LogP contribution in [-0.4, -0.2) is 48.3 Å². The third-order valence-corrected chi connectivity index (χ3v) is 3.96. The van der Waals surface area contributed by atoms with Crippen molar-refractivity contribution in [2.24, 2.45) is 0 Å². The fraction of sp³-hybridized carbons (Fsp3) is 0.333. The molecule has 0 aliphatic rings. The number of nitrogens with one attached hydrogen (secondary N) is 2. The summed E-state index contributed by atoms with van der Waals surface area (Å²) in [6, 6.07) is 5.16. The second-order valence-electron chi connectivity index (χ2n) is 6.37. The second-order valence-corrected chi connectivity index (χ2v) is 6.37. The molecule has 3 heterocycles. The van der Waals surface area contributed by atoms with Crippen LogP contribution in [0.15, 0.2) is 35.6 Å². The Morgan fingerprint density at radius 1 is 1.04 bits per heavy atom. The summed E-state index contributed by atoms with van der Waals surface area (Å²) in [6.45, 7) is 6.39. The first kappa shape index (κ1) is 19.2. The van der Waals surface area contributed by atoms with Crippen molar-refractivity contribution in [2.75, 3.05) is 18.4 Å². The molecule has 3 aromatic rings. The topological polar surface area (TPSA) is 120 Å². The molecule has 2 N–H and O–H groups in total. The smallest absolute Gasteiger partial charge is 0.253 e. The molecule has 0 atom stereocenters. The molecule has 0 aromatic carbocycles. The number of aryl methyl sites for hydroxylation is 3. The number of hydrogen-bond donors (Lipinski definition) is 2. The number of aromatic nitrogens is 6. The lowest BCUT2D eigenvalue weighted by molar-refractivity contribution is -0.121. The molecule has 0 spiro atoms. The Labute approximate surface area is 161 Å². The molecule has 0 saturated carbocycles. The first-order chi connectivity index (χ1) is 13.4. The van der Waals surface area contributed by atoms with Gasteiger partial charge in [-0.3, -0.25) is 14.2 Å². The van der Waals surface area contributed by atoms with E-state index in [0.29, 0.717) is 30.4 Å². The van der Waals surface area contributed by atoms with E-state index in [4.69, 9.17) is 0 Å². The highest BCUT2D eigenvalue weighted by molar-refractivity contribution is 5.75.